The Hall–Kier alpha value is -1.37. The summed E-state index contributed by atoms with van der Waals surface area (Å²) in [4.78, 5) is 17.3. The van der Waals surface area contributed by atoms with Crippen LogP contribution < -0.4 is 0 Å². The number of amides is 1. The van der Waals surface area contributed by atoms with E-state index in [2.05, 4.69) is 76.1 Å². The summed E-state index contributed by atoms with van der Waals surface area (Å²) >= 11 is 0. The lowest BCUT2D eigenvalue weighted by Gasteiger charge is -2.44. The van der Waals surface area contributed by atoms with Crippen molar-refractivity contribution in [3.63, 3.8) is 0 Å². The summed E-state index contributed by atoms with van der Waals surface area (Å²) in [7, 11) is 0.284. The van der Waals surface area contributed by atoms with Crippen LogP contribution in [0.3, 0.4) is 0 Å². The lowest BCUT2D eigenvalue weighted by Crippen LogP contribution is -2.55. The second-order valence-corrected chi connectivity index (χ2v) is 16.3. The fourth-order valence-electron chi connectivity index (χ4n) is 3.67. The Morgan fingerprint density at radius 2 is 1.74 bits per heavy atom. The highest BCUT2D eigenvalue weighted by molar-refractivity contribution is 6.74. The van der Waals surface area contributed by atoms with Gasteiger partial charge in [-0.3, -0.25) is 4.90 Å². The van der Waals surface area contributed by atoms with Crippen LogP contribution in [-0.2, 0) is 15.7 Å². The highest BCUT2D eigenvalue weighted by atomic mass is 28.4. The first-order valence-electron chi connectivity index (χ1n) is 11.6. The molecule has 0 unspecified atom stereocenters. The van der Waals surface area contributed by atoms with Gasteiger partial charge in [0, 0.05) is 19.1 Å². The number of likely N-dealkylation sites (tertiary alicyclic amines) is 1. The molecule has 5 nitrogen and oxygen atoms in total. The van der Waals surface area contributed by atoms with Gasteiger partial charge in [-0.05, 0) is 64.4 Å². The topological polar surface area (TPSA) is 42.0 Å². The molecule has 0 N–H and O–H groups in total. The lowest BCUT2D eigenvalue weighted by atomic mass is 9.96. The average Bonchev–Trinajstić information content (AvgIpc) is 2.64. The molecule has 1 aromatic carbocycles. The summed E-state index contributed by atoms with van der Waals surface area (Å²) in [6, 6.07) is 11.0. The van der Waals surface area contributed by atoms with Crippen molar-refractivity contribution in [3.05, 3.63) is 35.9 Å². The maximum atomic E-state index is 13.0. The van der Waals surface area contributed by atoms with E-state index in [-0.39, 0.29) is 17.2 Å². The number of hydrogen-bond acceptors (Lipinski definition) is 4. The molecule has 0 spiro atoms. The highest BCUT2D eigenvalue weighted by Gasteiger charge is 2.40. The molecule has 6 heteroatoms. The number of nitrogens with zero attached hydrogens (tertiary/aromatic N) is 2. The molecular formula is C25H44N2O3Si. The van der Waals surface area contributed by atoms with E-state index in [0.717, 1.165) is 19.4 Å². The molecule has 176 valence electrons. The van der Waals surface area contributed by atoms with Crippen LogP contribution in [0.5, 0.6) is 0 Å². The van der Waals surface area contributed by atoms with Gasteiger partial charge in [0.15, 0.2) is 8.32 Å². The minimum atomic E-state index is -1.90. The first kappa shape index (κ1) is 25.9. The van der Waals surface area contributed by atoms with E-state index in [1.54, 1.807) is 0 Å². The molecule has 0 aromatic heterocycles. The van der Waals surface area contributed by atoms with E-state index < -0.39 is 13.9 Å². The van der Waals surface area contributed by atoms with Gasteiger partial charge in [-0.15, -0.1) is 0 Å². The third kappa shape index (κ3) is 7.61. The quantitative estimate of drug-likeness (QED) is 0.508. The molecule has 31 heavy (non-hydrogen) atoms. The van der Waals surface area contributed by atoms with E-state index in [4.69, 9.17) is 9.16 Å². The molecule has 1 saturated heterocycles. The van der Waals surface area contributed by atoms with Crippen molar-refractivity contribution < 1.29 is 14.0 Å². The smallest absolute Gasteiger partial charge is 0.410 e. The monoisotopic (exact) mass is 448 g/mol. The number of ether oxygens (including phenoxy) is 1. The van der Waals surface area contributed by atoms with E-state index in [0.29, 0.717) is 19.2 Å². The number of hydrogen-bond donors (Lipinski definition) is 0. The van der Waals surface area contributed by atoms with E-state index in [1.165, 1.54) is 5.56 Å². The minimum Gasteiger partial charge on any atom is -0.444 e. The Bertz CT molecular complexity index is 710. The summed E-state index contributed by atoms with van der Waals surface area (Å²) in [5.74, 6) is 0. The SMILES string of the molecule is CN(Cc1ccccc1)[C@H]1CCN(C(=O)OC(C)(C)C)[C@@H](CO[Si](C)(C)C(C)(C)C)C1. The molecule has 1 aliphatic heterocycles. The number of carbonyl (C=O) groups is 1. The molecule has 2 rings (SSSR count). The van der Waals surface area contributed by atoms with Crippen LogP contribution in [0.25, 0.3) is 0 Å². The highest BCUT2D eigenvalue weighted by Crippen LogP contribution is 2.37. The number of benzene rings is 1. The van der Waals surface area contributed by atoms with Gasteiger partial charge in [0.05, 0.1) is 12.6 Å². The molecule has 2 atom stereocenters. The van der Waals surface area contributed by atoms with Crippen molar-refractivity contribution >= 4 is 14.4 Å². The fraction of sp³-hybridized carbons (Fsp3) is 0.720. The van der Waals surface area contributed by atoms with Gasteiger partial charge < -0.3 is 14.1 Å². The molecule has 0 aliphatic carbocycles. The second kappa shape index (κ2) is 10.0. The summed E-state index contributed by atoms with van der Waals surface area (Å²) in [6.45, 7) is 19.3. The molecule has 1 amide bonds. The molecule has 1 fully saturated rings. The third-order valence-corrected chi connectivity index (χ3v) is 11.2. The van der Waals surface area contributed by atoms with Crippen molar-refractivity contribution in [1.29, 1.82) is 0 Å². The van der Waals surface area contributed by atoms with Crippen molar-refractivity contribution in [2.75, 3.05) is 20.2 Å². The Labute approximate surface area is 191 Å². The average molecular weight is 449 g/mol. The van der Waals surface area contributed by atoms with Crippen LogP contribution in [0, 0.1) is 0 Å². The predicted molar refractivity (Wildman–Crippen MR) is 131 cm³/mol. The van der Waals surface area contributed by atoms with Gasteiger partial charge in [0.1, 0.15) is 5.60 Å². The second-order valence-electron chi connectivity index (χ2n) is 11.5. The zero-order valence-corrected chi connectivity index (χ0v) is 22.2. The van der Waals surface area contributed by atoms with Crippen LogP contribution in [0.1, 0.15) is 59.9 Å². The normalized spacial score (nSPS) is 20.8. The summed E-state index contributed by atoms with van der Waals surface area (Å²) in [5, 5.41) is 0.141. The Kier molecular flexibility index (Phi) is 8.39. The zero-order chi connectivity index (χ0) is 23.4. The first-order valence-corrected chi connectivity index (χ1v) is 14.5. The molecule has 1 aliphatic rings. The zero-order valence-electron chi connectivity index (χ0n) is 21.2. The van der Waals surface area contributed by atoms with Gasteiger partial charge in [0.2, 0.25) is 0 Å². The molecule has 0 bridgehead atoms. The molecular weight excluding hydrogens is 404 g/mol. The lowest BCUT2D eigenvalue weighted by molar-refractivity contribution is -0.00870. The standard InChI is InChI=1S/C25H44N2O3Si/c1-24(2,3)30-23(28)27-16-15-21(26(7)18-20-13-11-10-12-14-20)17-22(27)19-29-31(8,9)25(4,5)6/h10-14,21-22H,15-19H2,1-9H3/t21-,22+/m0/s1. The molecule has 0 radical (unpaired) electrons. The van der Waals surface area contributed by atoms with Gasteiger partial charge in [-0.25, -0.2) is 4.79 Å². The summed E-state index contributed by atoms with van der Waals surface area (Å²) in [6.07, 6.45) is 1.62. The van der Waals surface area contributed by atoms with Gasteiger partial charge in [0.25, 0.3) is 0 Å². The minimum absolute atomic E-state index is 0.0287. The maximum absolute atomic E-state index is 13.0. The van der Waals surface area contributed by atoms with Crippen molar-refractivity contribution in [2.45, 2.75) is 96.7 Å². The van der Waals surface area contributed by atoms with Gasteiger partial charge in [-0.2, -0.15) is 0 Å². The molecule has 1 aromatic rings. The number of carbonyl (C=O) groups excluding carboxylic acids is 1. The Balaban J connectivity index is 2.12. The molecule has 0 saturated carbocycles. The maximum Gasteiger partial charge on any atom is 0.410 e. The Morgan fingerprint density at radius 1 is 1.13 bits per heavy atom. The fourth-order valence-corrected chi connectivity index (χ4v) is 4.71. The van der Waals surface area contributed by atoms with Gasteiger partial charge >= 0.3 is 6.09 Å². The van der Waals surface area contributed by atoms with Gasteiger partial charge in [-0.1, -0.05) is 51.1 Å². The first-order chi connectivity index (χ1) is 14.2. The summed E-state index contributed by atoms with van der Waals surface area (Å²) in [5.41, 5.74) is 0.816. The van der Waals surface area contributed by atoms with Crippen LogP contribution >= 0.6 is 0 Å². The van der Waals surface area contributed by atoms with E-state index in [9.17, 15) is 4.79 Å². The van der Waals surface area contributed by atoms with Crippen molar-refractivity contribution in [3.8, 4) is 0 Å². The van der Waals surface area contributed by atoms with E-state index in [1.807, 2.05) is 25.7 Å². The van der Waals surface area contributed by atoms with Crippen LogP contribution in [0.15, 0.2) is 30.3 Å². The van der Waals surface area contributed by atoms with Crippen LogP contribution in [-0.4, -0.2) is 62.1 Å². The number of rotatable bonds is 6. The largest absolute Gasteiger partial charge is 0.444 e. The van der Waals surface area contributed by atoms with Crippen molar-refractivity contribution in [2.24, 2.45) is 0 Å². The predicted octanol–water partition coefficient (Wildman–Crippen LogP) is 5.91. The van der Waals surface area contributed by atoms with Crippen LogP contribution in [0.4, 0.5) is 4.79 Å². The van der Waals surface area contributed by atoms with Crippen molar-refractivity contribution in [1.82, 2.24) is 9.80 Å². The summed E-state index contributed by atoms with van der Waals surface area (Å²) < 4.78 is 12.3. The Morgan fingerprint density at radius 3 is 2.29 bits per heavy atom. The van der Waals surface area contributed by atoms with Crippen LogP contribution in [0.2, 0.25) is 18.1 Å². The van der Waals surface area contributed by atoms with E-state index >= 15 is 0 Å². The molecule has 1 heterocycles. The number of piperidine rings is 1. The third-order valence-electron chi connectivity index (χ3n) is 6.66.